The number of anilines is 1. The first-order chi connectivity index (χ1) is 12.2. The maximum absolute atomic E-state index is 12.1. The lowest BCUT2D eigenvalue weighted by Crippen LogP contribution is -2.27. The van der Waals surface area contributed by atoms with Crippen molar-refractivity contribution in [3.05, 3.63) is 54.6 Å². The molecule has 1 heterocycles. The highest BCUT2D eigenvalue weighted by atomic mass is 32.2. The average Bonchev–Trinajstić information content (AvgIpc) is 3.17. The van der Waals surface area contributed by atoms with Gasteiger partial charge in [0.15, 0.2) is 12.7 Å². The third-order valence-electron chi connectivity index (χ3n) is 3.67. The van der Waals surface area contributed by atoms with Crippen LogP contribution >= 0.6 is 11.8 Å². The van der Waals surface area contributed by atoms with Crippen LogP contribution in [0.3, 0.4) is 0 Å². The Morgan fingerprint density at radius 3 is 2.64 bits per heavy atom. The van der Waals surface area contributed by atoms with Gasteiger partial charge in [0.05, 0.1) is 5.69 Å². The van der Waals surface area contributed by atoms with Crippen molar-refractivity contribution in [1.82, 2.24) is 0 Å². The monoisotopic (exact) mass is 357 g/mol. The second kappa shape index (κ2) is 8.69. The molecule has 1 atom stereocenters. The summed E-state index contributed by atoms with van der Waals surface area (Å²) in [6, 6.07) is 17.4. The van der Waals surface area contributed by atoms with Gasteiger partial charge in [0.1, 0.15) is 0 Å². The molecular weight excluding hydrogens is 338 g/mol. The van der Waals surface area contributed by atoms with E-state index in [2.05, 4.69) is 5.32 Å². The SMILES string of the molecule is O=C(COC(=O)[C@@H]1CCCO1)Nc1ccccc1Sc1ccccc1. The van der Waals surface area contributed by atoms with E-state index in [4.69, 9.17) is 9.47 Å². The molecule has 1 aliphatic rings. The minimum Gasteiger partial charge on any atom is -0.454 e. The van der Waals surface area contributed by atoms with Crippen molar-refractivity contribution in [2.24, 2.45) is 0 Å². The van der Waals surface area contributed by atoms with E-state index < -0.39 is 12.1 Å². The van der Waals surface area contributed by atoms with Crippen LogP contribution in [-0.2, 0) is 19.1 Å². The van der Waals surface area contributed by atoms with Gasteiger partial charge in [-0.1, -0.05) is 42.1 Å². The van der Waals surface area contributed by atoms with E-state index in [1.807, 2.05) is 54.6 Å². The molecule has 0 radical (unpaired) electrons. The summed E-state index contributed by atoms with van der Waals surface area (Å²) < 4.78 is 10.3. The summed E-state index contributed by atoms with van der Waals surface area (Å²) in [6.07, 6.45) is 0.960. The van der Waals surface area contributed by atoms with Gasteiger partial charge in [-0.05, 0) is 37.1 Å². The third-order valence-corrected chi connectivity index (χ3v) is 4.75. The molecule has 6 heteroatoms. The van der Waals surface area contributed by atoms with Crippen LogP contribution in [0, 0.1) is 0 Å². The second-order valence-corrected chi connectivity index (χ2v) is 6.68. The van der Waals surface area contributed by atoms with Crippen molar-refractivity contribution >= 4 is 29.3 Å². The number of hydrogen-bond donors (Lipinski definition) is 1. The first kappa shape index (κ1) is 17.5. The molecule has 2 aromatic rings. The van der Waals surface area contributed by atoms with Gasteiger partial charge in [0, 0.05) is 16.4 Å². The number of carbonyl (C=O) groups excluding carboxylic acids is 2. The Bertz CT molecular complexity index is 729. The Morgan fingerprint density at radius 1 is 1.12 bits per heavy atom. The molecule has 0 bridgehead atoms. The van der Waals surface area contributed by atoms with Gasteiger partial charge < -0.3 is 14.8 Å². The Morgan fingerprint density at radius 2 is 1.88 bits per heavy atom. The van der Waals surface area contributed by atoms with Crippen LogP contribution in [0.25, 0.3) is 0 Å². The number of benzene rings is 2. The zero-order valence-electron chi connectivity index (χ0n) is 13.6. The summed E-state index contributed by atoms with van der Waals surface area (Å²) in [4.78, 5) is 25.9. The number of carbonyl (C=O) groups is 2. The topological polar surface area (TPSA) is 64.6 Å². The normalized spacial score (nSPS) is 16.4. The van der Waals surface area contributed by atoms with E-state index >= 15 is 0 Å². The van der Waals surface area contributed by atoms with E-state index in [-0.39, 0.29) is 12.5 Å². The van der Waals surface area contributed by atoms with Crippen LogP contribution in [0.2, 0.25) is 0 Å². The lowest BCUT2D eigenvalue weighted by atomic mass is 10.2. The minimum absolute atomic E-state index is 0.316. The maximum Gasteiger partial charge on any atom is 0.335 e. The highest BCUT2D eigenvalue weighted by molar-refractivity contribution is 7.99. The molecule has 0 spiro atoms. The fraction of sp³-hybridized carbons (Fsp3) is 0.263. The molecule has 0 saturated carbocycles. The van der Waals surface area contributed by atoms with Gasteiger partial charge in [-0.3, -0.25) is 4.79 Å². The van der Waals surface area contributed by atoms with E-state index in [9.17, 15) is 9.59 Å². The van der Waals surface area contributed by atoms with E-state index in [1.54, 1.807) is 11.8 Å². The molecule has 130 valence electrons. The summed E-state index contributed by atoms with van der Waals surface area (Å²) in [5.41, 5.74) is 0.689. The fourth-order valence-electron chi connectivity index (χ4n) is 2.45. The van der Waals surface area contributed by atoms with Gasteiger partial charge in [-0.25, -0.2) is 4.79 Å². The quantitative estimate of drug-likeness (QED) is 0.802. The number of esters is 1. The van der Waals surface area contributed by atoms with Crippen molar-refractivity contribution in [3.8, 4) is 0 Å². The van der Waals surface area contributed by atoms with Crippen LogP contribution in [0.4, 0.5) is 5.69 Å². The molecule has 1 amide bonds. The molecule has 1 N–H and O–H groups in total. The fourth-order valence-corrected chi connectivity index (χ4v) is 3.38. The molecular formula is C19H19NO4S. The zero-order chi connectivity index (χ0) is 17.5. The van der Waals surface area contributed by atoms with Crippen molar-refractivity contribution in [2.45, 2.75) is 28.7 Å². The summed E-state index contributed by atoms with van der Waals surface area (Å²) >= 11 is 1.56. The summed E-state index contributed by atoms with van der Waals surface area (Å²) in [6.45, 7) is 0.249. The highest BCUT2D eigenvalue weighted by Gasteiger charge is 2.25. The Hall–Kier alpha value is -2.31. The third kappa shape index (κ3) is 5.08. The summed E-state index contributed by atoms with van der Waals surface area (Å²) in [7, 11) is 0. The van der Waals surface area contributed by atoms with Crippen LogP contribution in [0.1, 0.15) is 12.8 Å². The number of nitrogens with one attached hydrogen (secondary N) is 1. The van der Waals surface area contributed by atoms with Crippen molar-refractivity contribution in [1.29, 1.82) is 0 Å². The lowest BCUT2D eigenvalue weighted by Gasteiger charge is -2.12. The zero-order valence-corrected chi connectivity index (χ0v) is 14.5. The predicted octanol–water partition coefficient (Wildman–Crippen LogP) is 3.50. The molecule has 2 aromatic carbocycles. The Kier molecular flexibility index (Phi) is 6.09. The van der Waals surface area contributed by atoms with Gasteiger partial charge >= 0.3 is 5.97 Å². The van der Waals surface area contributed by atoms with Crippen molar-refractivity contribution in [3.63, 3.8) is 0 Å². The van der Waals surface area contributed by atoms with Crippen LogP contribution in [0.5, 0.6) is 0 Å². The molecule has 0 aliphatic carbocycles. The standard InChI is InChI=1S/C19H19NO4S/c21-18(13-24-19(22)16-10-6-12-23-16)20-15-9-4-5-11-17(15)25-14-7-2-1-3-8-14/h1-5,7-9,11,16H,6,10,12-13H2,(H,20,21)/t16-/m0/s1. The molecule has 3 rings (SSSR count). The van der Waals surface area contributed by atoms with Gasteiger partial charge in [-0.2, -0.15) is 0 Å². The molecule has 5 nitrogen and oxygen atoms in total. The largest absolute Gasteiger partial charge is 0.454 e. The van der Waals surface area contributed by atoms with E-state index in [0.717, 1.165) is 16.2 Å². The van der Waals surface area contributed by atoms with E-state index in [1.165, 1.54) is 0 Å². The number of hydrogen-bond acceptors (Lipinski definition) is 5. The minimum atomic E-state index is -0.534. The van der Waals surface area contributed by atoms with Crippen LogP contribution in [0.15, 0.2) is 64.4 Å². The Balaban J connectivity index is 1.56. The van der Waals surface area contributed by atoms with Gasteiger partial charge in [-0.15, -0.1) is 0 Å². The van der Waals surface area contributed by atoms with Crippen molar-refractivity contribution in [2.75, 3.05) is 18.5 Å². The van der Waals surface area contributed by atoms with Gasteiger partial charge in [0.25, 0.3) is 5.91 Å². The summed E-state index contributed by atoms with van der Waals surface area (Å²) in [5, 5.41) is 2.80. The molecule has 1 aliphatic heterocycles. The number of amides is 1. The smallest absolute Gasteiger partial charge is 0.335 e. The molecule has 1 saturated heterocycles. The van der Waals surface area contributed by atoms with E-state index in [0.29, 0.717) is 18.7 Å². The molecule has 1 fully saturated rings. The number of rotatable bonds is 6. The molecule has 0 aromatic heterocycles. The highest BCUT2D eigenvalue weighted by Crippen LogP contribution is 2.33. The van der Waals surface area contributed by atoms with Crippen LogP contribution < -0.4 is 5.32 Å². The summed E-state index contributed by atoms with van der Waals surface area (Å²) in [5.74, 6) is -0.841. The van der Waals surface area contributed by atoms with Gasteiger partial charge in [0.2, 0.25) is 0 Å². The second-order valence-electron chi connectivity index (χ2n) is 5.57. The first-order valence-corrected chi connectivity index (χ1v) is 8.94. The maximum atomic E-state index is 12.1. The van der Waals surface area contributed by atoms with Crippen molar-refractivity contribution < 1.29 is 19.1 Å². The average molecular weight is 357 g/mol. The number of para-hydroxylation sites is 1. The molecule has 25 heavy (non-hydrogen) atoms. The first-order valence-electron chi connectivity index (χ1n) is 8.12. The van der Waals surface area contributed by atoms with Crippen LogP contribution in [-0.4, -0.2) is 31.2 Å². The Labute approximate surface area is 150 Å². The number of ether oxygens (including phenoxy) is 2. The molecule has 0 unspecified atom stereocenters. The lowest BCUT2D eigenvalue weighted by molar-refractivity contribution is -0.156. The predicted molar refractivity (Wildman–Crippen MR) is 95.6 cm³/mol.